The lowest BCUT2D eigenvalue weighted by molar-refractivity contribution is 0.0453. The molecule has 0 radical (unpaired) electrons. The molecule has 1 saturated carbocycles. The number of anilines is 1. The Labute approximate surface area is 150 Å². The van der Waals surface area contributed by atoms with Crippen molar-refractivity contribution in [3.63, 3.8) is 0 Å². The van der Waals surface area contributed by atoms with E-state index in [0.717, 1.165) is 44.4 Å². The second-order valence-electron chi connectivity index (χ2n) is 6.79. The zero-order chi connectivity index (χ0) is 16.8. The van der Waals surface area contributed by atoms with Crippen LogP contribution in [0.3, 0.4) is 0 Å². The second kappa shape index (κ2) is 6.09. The van der Waals surface area contributed by atoms with Crippen LogP contribution in [0.5, 0.6) is 0 Å². The molecule has 2 N–H and O–H groups in total. The number of H-pyrrole nitrogens is 1. The number of aryl methyl sites for hydroxylation is 1. The van der Waals surface area contributed by atoms with Gasteiger partial charge in [-0.3, -0.25) is 10.00 Å². The molecule has 4 heterocycles. The highest BCUT2D eigenvalue weighted by Gasteiger charge is 2.28. The van der Waals surface area contributed by atoms with Gasteiger partial charge in [-0.2, -0.15) is 5.10 Å². The maximum atomic E-state index is 5.45. The number of ether oxygens (including phenoxy) is 1. The summed E-state index contributed by atoms with van der Waals surface area (Å²) in [5.41, 5.74) is 6.16. The van der Waals surface area contributed by atoms with Gasteiger partial charge in [0.1, 0.15) is 5.84 Å². The lowest BCUT2D eigenvalue weighted by Gasteiger charge is -2.28. The van der Waals surface area contributed by atoms with Crippen molar-refractivity contribution in [2.45, 2.75) is 19.8 Å². The first kappa shape index (κ1) is 15.3. The molecule has 1 saturated heterocycles. The molecule has 25 heavy (non-hydrogen) atoms. The van der Waals surface area contributed by atoms with Crippen molar-refractivity contribution >= 4 is 28.6 Å². The molecule has 6 nitrogen and oxygen atoms in total. The monoisotopic (exact) mass is 355 g/mol. The number of hydrogen-bond acceptors (Lipinski definition) is 6. The molecule has 2 aromatic rings. The molecule has 130 valence electrons. The summed E-state index contributed by atoms with van der Waals surface area (Å²) in [6.45, 7) is 6.50. The average molecular weight is 355 g/mol. The molecular formula is C18H21N5OS. The number of fused-ring (bicyclic) bond motifs is 1. The van der Waals surface area contributed by atoms with Crippen LogP contribution in [0.25, 0.3) is 16.1 Å². The first-order chi connectivity index (χ1) is 12.3. The van der Waals surface area contributed by atoms with Crippen molar-refractivity contribution in [1.82, 2.24) is 15.1 Å². The Bertz CT molecular complexity index is 866. The third kappa shape index (κ3) is 2.92. The molecule has 0 unspecified atom stereocenters. The number of rotatable bonds is 3. The smallest absolute Gasteiger partial charge is 0.121 e. The molecule has 7 heteroatoms. The average Bonchev–Trinajstić information content (AvgIpc) is 3.24. The Morgan fingerprint density at radius 2 is 2.12 bits per heavy atom. The van der Waals surface area contributed by atoms with Gasteiger partial charge in [-0.1, -0.05) is 0 Å². The van der Waals surface area contributed by atoms with E-state index in [1.165, 1.54) is 45.1 Å². The number of nitrogens with zero attached hydrogens (tertiary/aromatic N) is 3. The van der Waals surface area contributed by atoms with Crippen LogP contribution < -0.4 is 5.32 Å². The number of aliphatic imine (C=N–C) groups is 1. The lowest BCUT2D eigenvalue weighted by Crippen LogP contribution is -2.41. The van der Waals surface area contributed by atoms with Crippen LogP contribution in [0.4, 0.5) is 5.69 Å². The summed E-state index contributed by atoms with van der Waals surface area (Å²) in [6.07, 6.45) is 4.27. The third-order valence-electron chi connectivity index (χ3n) is 4.88. The van der Waals surface area contributed by atoms with Crippen molar-refractivity contribution in [3.8, 4) is 10.4 Å². The van der Waals surface area contributed by atoms with E-state index in [-0.39, 0.29) is 0 Å². The topological polar surface area (TPSA) is 65.5 Å². The van der Waals surface area contributed by atoms with E-state index >= 15 is 0 Å². The first-order valence-corrected chi connectivity index (χ1v) is 9.61. The van der Waals surface area contributed by atoms with Crippen LogP contribution in [0, 0.1) is 6.92 Å². The Kier molecular flexibility index (Phi) is 3.73. The Hall–Kier alpha value is -1.96. The van der Waals surface area contributed by atoms with Gasteiger partial charge in [0.2, 0.25) is 0 Å². The van der Waals surface area contributed by atoms with Gasteiger partial charge in [-0.15, -0.1) is 11.3 Å². The van der Waals surface area contributed by atoms with Crippen molar-refractivity contribution in [1.29, 1.82) is 0 Å². The van der Waals surface area contributed by atoms with Crippen LogP contribution >= 0.6 is 11.3 Å². The Morgan fingerprint density at radius 1 is 1.28 bits per heavy atom. The van der Waals surface area contributed by atoms with E-state index in [0.29, 0.717) is 0 Å². The molecular weight excluding hydrogens is 334 g/mol. The van der Waals surface area contributed by atoms with E-state index in [4.69, 9.17) is 9.73 Å². The number of nitrogens with one attached hydrogen (secondary N) is 2. The van der Waals surface area contributed by atoms with Gasteiger partial charge >= 0.3 is 0 Å². The molecule has 0 bridgehead atoms. The fourth-order valence-electron chi connectivity index (χ4n) is 3.35. The number of aromatic amines is 1. The summed E-state index contributed by atoms with van der Waals surface area (Å²) in [5, 5.41) is 10.8. The highest BCUT2D eigenvalue weighted by molar-refractivity contribution is 7.17. The molecule has 2 aromatic heterocycles. The highest BCUT2D eigenvalue weighted by Crippen LogP contribution is 2.47. The Balaban J connectivity index is 1.47. The van der Waals surface area contributed by atoms with Gasteiger partial charge in [0, 0.05) is 29.2 Å². The SMILES string of the molecule is Cc1[nH]ncc1-c1cc2c(s1)C(=C1CC1)N=C(CN1CCOCC1)N2. The van der Waals surface area contributed by atoms with Gasteiger partial charge in [0.15, 0.2) is 0 Å². The minimum atomic E-state index is 0.814. The van der Waals surface area contributed by atoms with Crippen LogP contribution in [-0.4, -0.2) is 53.8 Å². The maximum Gasteiger partial charge on any atom is 0.121 e. The summed E-state index contributed by atoms with van der Waals surface area (Å²) >= 11 is 1.81. The normalized spacial score (nSPS) is 20.3. The summed E-state index contributed by atoms with van der Waals surface area (Å²) in [4.78, 5) is 9.90. The molecule has 0 atom stereocenters. The van der Waals surface area contributed by atoms with Gasteiger partial charge < -0.3 is 10.1 Å². The van der Waals surface area contributed by atoms with Gasteiger partial charge in [-0.25, -0.2) is 4.99 Å². The molecule has 0 aromatic carbocycles. The van der Waals surface area contributed by atoms with E-state index in [2.05, 4.69) is 33.4 Å². The molecule has 0 spiro atoms. The number of aromatic nitrogens is 2. The first-order valence-electron chi connectivity index (χ1n) is 8.79. The highest BCUT2D eigenvalue weighted by atomic mass is 32.1. The third-order valence-corrected chi connectivity index (χ3v) is 6.06. The molecule has 1 aliphatic carbocycles. The predicted octanol–water partition coefficient (Wildman–Crippen LogP) is 3.11. The molecule has 2 fully saturated rings. The van der Waals surface area contributed by atoms with Crippen LogP contribution in [0.15, 0.2) is 22.8 Å². The standard InChI is InChI=1S/C18H21N5OS/c1-11-13(9-19-22-11)15-8-14-18(25-15)17(12-2-3-12)21-16(20-14)10-23-4-6-24-7-5-23/h8-9H,2-7,10H2,1H3,(H,19,22)(H,20,21). The summed E-state index contributed by atoms with van der Waals surface area (Å²) in [6, 6.07) is 2.24. The fraction of sp³-hybridized carbons (Fsp3) is 0.444. The van der Waals surface area contributed by atoms with Crippen molar-refractivity contribution in [2.24, 2.45) is 4.99 Å². The number of hydrogen-bond donors (Lipinski definition) is 2. The number of allylic oxidation sites excluding steroid dienone is 1. The number of amidine groups is 1. The van der Waals surface area contributed by atoms with E-state index in [9.17, 15) is 0 Å². The quantitative estimate of drug-likeness (QED) is 0.888. The Morgan fingerprint density at radius 3 is 2.84 bits per heavy atom. The lowest BCUT2D eigenvalue weighted by atomic mass is 10.2. The van der Waals surface area contributed by atoms with Gasteiger partial charge in [-0.05, 0) is 31.4 Å². The van der Waals surface area contributed by atoms with Crippen LogP contribution in [0.1, 0.15) is 23.4 Å². The molecule has 0 amide bonds. The zero-order valence-corrected chi connectivity index (χ0v) is 15.1. The van der Waals surface area contributed by atoms with E-state index < -0.39 is 0 Å². The number of thiophene rings is 1. The van der Waals surface area contributed by atoms with Crippen molar-refractivity contribution in [2.75, 3.05) is 38.2 Å². The van der Waals surface area contributed by atoms with Crippen molar-refractivity contribution < 1.29 is 4.74 Å². The van der Waals surface area contributed by atoms with Gasteiger partial charge in [0.25, 0.3) is 0 Å². The fourth-order valence-corrected chi connectivity index (χ4v) is 4.56. The van der Waals surface area contributed by atoms with E-state index in [1.54, 1.807) is 0 Å². The van der Waals surface area contributed by atoms with Gasteiger partial charge in [0.05, 0.1) is 42.2 Å². The van der Waals surface area contributed by atoms with Crippen molar-refractivity contribution in [3.05, 3.63) is 28.4 Å². The minimum absolute atomic E-state index is 0.814. The second-order valence-corrected chi connectivity index (χ2v) is 7.84. The summed E-state index contributed by atoms with van der Waals surface area (Å²) < 4.78 is 5.45. The predicted molar refractivity (Wildman–Crippen MR) is 101 cm³/mol. The number of morpholine rings is 1. The zero-order valence-electron chi connectivity index (χ0n) is 14.3. The van der Waals surface area contributed by atoms with E-state index in [1.807, 2.05) is 17.5 Å². The summed E-state index contributed by atoms with van der Waals surface area (Å²) in [7, 11) is 0. The maximum absolute atomic E-state index is 5.45. The van der Waals surface area contributed by atoms with Crippen LogP contribution in [-0.2, 0) is 4.74 Å². The minimum Gasteiger partial charge on any atom is -0.379 e. The largest absolute Gasteiger partial charge is 0.379 e. The molecule has 5 rings (SSSR count). The van der Waals surface area contributed by atoms with Crippen LogP contribution in [0.2, 0.25) is 0 Å². The molecule has 2 aliphatic heterocycles. The molecule has 3 aliphatic rings. The summed E-state index contributed by atoms with van der Waals surface area (Å²) in [5.74, 6) is 1.05.